The number of nitrogens with zero attached hydrogens (tertiary/aromatic N) is 3. The van der Waals surface area contributed by atoms with Gasteiger partial charge < -0.3 is 4.90 Å². The summed E-state index contributed by atoms with van der Waals surface area (Å²) in [6.07, 6.45) is 3.34. The number of hydrogen-bond acceptors (Lipinski definition) is 4. The summed E-state index contributed by atoms with van der Waals surface area (Å²) in [7, 11) is -1.70. The molecule has 0 radical (unpaired) electrons. The first-order valence-electron chi connectivity index (χ1n) is 8.03. The van der Waals surface area contributed by atoms with Crippen molar-refractivity contribution in [3.63, 3.8) is 0 Å². The maximum absolute atomic E-state index is 12.4. The van der Waals surface area contributed by atoms with Gasteiger partial charge in [0.1, 0.15) is 4.90 Å². The van der Waals surface area contributed by atoms with Gasteiger partial charge in [-0.3, -0.25) is 4.68 Å². The van der Waals surface area contributed by atoms with Crippen LogP contribution in [-0.4, -0.2) is 49.3 Å². The van der Waals surface area contributed by atoms with E-state index < -0.39 is 10.0 Å². The molecule has 1 fully saturated rings. The Morgan fingerprint density at radius 2 is 1.91 bits per heavy atom. The molecule has 1 aliphatic heterocycles. The van der Waals surface area contributed by atoms with Gasteiger partial charge in [0.2, 0.25) is 10.0 Å². The number of nitrogens with one attached hydrogen (secondary N) is 1. The SMILES string of the molecule is Cc1nn(C)c(C)c1S(=O)(=O)NCCCN1CCC(C)CC1. The molecule has 1 aliphatic rings. The summed E-state index contributed by atoms with van der Waals surface area (Å²) < 4.78 is 29.1. The van der Waals surface area contributed by atoms with Crippen LogP contribution in [0.25, 0.3) is 0 Å². The molecular weight excluding hydrogens is 300 g/mol. The van der Waals surface area contributed by atoms with Gasteiger partial charge in [0, 0.05) is 13.6 Å². The molecular formula is C15H28N4O2S. The summed E-state index contributed by atoms with van der Waals surface area (Å²) in [4.78, 5) is 2.75. The molecule has 0 amide bonds. The first-order valence-corrected chi connectivity index (χ1v) is 9.52. The van der Waals surface area contributed by atoms with E-state index in [-0.39, 0.29) is 0 Å². The van der Waals surface area contributed by atoms with Crippen molar-refractivity contribution in [2.75, 3.05) is 26.2 Å². The van der Waals surface area contributed by atoms with E-state index in [9.17, 15) is 8.42 Å². The second kappa shape index (κ2) is 7.10. The monoisotopic (exact) mass is 328 g/mol. The first kappa shape index (κ1) is 17.4. The zero-order valence-electron chi connectivity index (χ0n) is 14.1. The van der Waals surface area contributed by atoms with E-state index in [0.29, 0.717) is 22.8 Å². The van der Waals surface area contributed by atoms with E-state index in [1.807, 2.05) is 0 Å². The standard InChI is InChI=1S/C15H28N4O2S/c1-12-6-10-19(11-7-12)9-5-8-16-22(20,21)15-13(2)17-18(4)14(15)3/h12,16H,5-11H2,1-4H3. The summed E-state index contributed by atoms with van der Waals surface area (Å²) in [5.41, 5.74) is 1.23. The van der Waals surface area contributed by atoms with Crippen molar-refractivity contribution in [1.82, 2.24) is 19.4 Å². The van der Waals surface area contributed by atoms with Gasteiger partial charge in [-0.15, -0.1) is 0 Å². The third kappa shape index (κ3) is 4.08. The molecule has 1 aromatic heterocycles. The van der Waals surface area contributed by atoms with Crippen LogP contribution < -0.4 is 4.72 Å². The molecule has 126 valence electrons. The molecule has 1 saturated heterocycles. The van der Waals surface area contributed by atoms with Crippen LogP contribution in [0.1, 0.15) is 37.6 Å². The fourth-order valence-corrected chi connectivity index (χ4v) is 4.52. The number of hydrogen-bond donors (Lipinski definition) is 1. The predicted molar refractivity (Wildman–Crippen MR) is 87.3 cm³/mol. The second-order valence-corrected chi connectivity index (χ2v) is 8.10. The Hall–Kier alpha value is -0.920. The van der Waals surface area contributed by atoms with Crippen LogP contribution in [0.4, 0.5) is 0 Å². The highest BCUT2D eigenvalue weighted by atomic mass is 32.2. The molecule has 22 heavy (non-hydrogen) atoms. The summed E-state index contributed by atoms with van der Waals surface area (Å²) in [6.45, 7) is 9.51. The highest BCUT2D eigenvalue weighted by molar-refractivity contribution is 7.89. The number of likely N-dealkylation sites (tertiary alicyclic amines) is 1. The van der Waals surface area contributed by atoms with E-state index in [1.165, 1.54) is 12.8 Å². The molecule has 1 aromatic rings. The van der Waals surface area contributed by atoms with Crippen molar-refractivity contribution in [1.29, 1.82) is 0 Å². The molecule has 6 nitrogen and oxygen atoms in total. The molecule has 0 unspecified atom stereocenters. The lowest BCUT2D eigenvalue weighted by Gasteiger charge is -2.30. The van der Waals surface area contributed by atoms with Crippen molar-refractivity contribution in [3.05, 3.63) is 11.4 Å². The Morgan fingerprint density at radius 1 is 1.27 bits per heavy atom. The molecule has 2 heterocycles. The molecule has 0 aromatic carbocycles. The number of sulfonamides is 1. The van der Waals surface area contributed by atoms with Gasteiger partial charge in [0.25, 0.3) is 0 Å². The van der Waals surface area contributed by atoms with Crippen molar-refractivity contribution >= 4 is 10.0 Å². The highest BCUT2D eigenvalue weighted by Gasteiger charge is 2.23. The van der Waals surface area contributed by atoms with Gasteiger partial charge in [-0.25, -0.2) is 13.1 Å². The van der Waals surface area contributed by atoms with E-state index in [2.05, 4.69) is 21.6 Å². The van der Waals surface area contributed by atoms with Crippen LogP contribution in [-0.2, 0) is 17.1 Å². The minimum Gasteiger partial charge on any atom is -0.303 e. The van der Waals surface area contributed by atoms with Gasteiger partial charge in [-0.2, -0.15) is 5.10 Å². The second-order valence-electron chi connectivity index (χ2n) is 6.40. The minimum absolute atomic E-state index is 0.321. The highest BCUT2D eigenvalue weighted by Crippen LogP contribution is 2.18. The lowest BCUT2D eigenvalue weighted by atomic mass is 9.99. The Kier molecular flexibility index (Phi) is 5.63. The lowest BCUT2D eigenvalue weighted by molar-refractivity contribution is 0.191. The molecule has 1 N–H and O–H groups in total. The topological polar surface area (TPSA) is 67.2 Å². The molecule has 0 saturated carbocycles. The number of rotatable bonds is 6. The summed E-state index contributed by atoms with van der Waals surface area (Å²) >= 11 is 0. The van der Waals surface area contributed by atoms with Crippen LogP contribution >= 0.6 is 0 Å². The average molecular weight is 328 g/mol. The zero-order valence-corrected chi connectivity index (χ0v) is 14.9. The molecule has 7 heteroatoms. The van der Waals surface area contributed by atoms with Crippen molar-refractivity contribution in [3.8, 4) is 0 Å². The lowest BCUT2D eigenvalue weighted by Crippen LogP contribution is -2.35. The van der Waals surface area contributed by atoms with Crippen molar-refractivity contribution < 1.29 is 8.42 Å². The number of piperidine rings is 1. The zero-order chi connectivity index (χ0) is 16.3. The first-order chi connectivity index (χ1) is 10.3. The largest absolute Gasteiger partial charge is 0.303 e. The third-order valence-corrected chi connectivity index (χ3v) is 6.24. The maximum Gasteiger partial charge on any atom is 0.244 e. The van der Waals surface area contributed by atoms with E-state index in [1.54, 1.807) is 25.6 Å². The molecule has 0 bridgehead atoms. The maximum atomic E-state index is 12.4. The summed E-state index contributed by atoms with van der Waals surface area (Å²) in [5.74, 6) is 0.825. The van der Waals surface area contributed by atoms with E-state index in [4.69, 9.17) is 0 Å². The smallest absolute Gasteiger partial charge is 0.244 e. The van der Waals surface area contributed by atoms with Gasteiger partial charge in [0.15, 0.2) is 0 Å². The minimum atomic E-state index is -3.46. The Morgan fingerprint density at radius 3 is 2.45 bits per heavy atom. The van der Waals surface area contributed by atoms with Gasteiger partial charge in [-0.1, -0.05) is 6.92 Å². The number of aromatic nitrogens is 2. The predicted octanol–water partition coefficient (Wildman–Crippen LogP) is 1.44. The van der Waals surface area contributed by atoms with Crippen molar-refractivity contribution in [2.24, 2.45) is 13.0 Å². The summed E-state index contributed by atoms with van der Waals surface area (Å²) in [6, 6.07) is 0. The molecule has 0 aliphatic carbocycles. The fourth-order valence-electron chi connectivity index (χ4n) is 3.01. The normalized spacial score (nSPS) is 18.0. The molecule has 0 atom stereocenters. The third-order valence-electron chi connectivity index (χ3n) is 4.53. The van der Waals surface area contributed by atoms with Crippen molar-refractivity contribution in [2.45, 2.75) is 44.9 Å². The average Bonchev–Trinajstić information content (AvgIpc) is 2.71. The van der Waals surface area contributed by atoms with Crippen LogP contribution in [0.15, 0.2) is 4.90 Å². The molecule has 0 spiro atoms. The van der Waals surface area contributed by atoms with Gasteiger partial charge >= 0.3 is 0 Å². The summed E-state index contributed by atoms with van der Waals surface area (Å²) in [5, 5.41) is 4.17. The quantitative estimate of drug-likeness (QED) is 0.803. The van der Waals surface area contributed by atoms with E-state index in [0.717, 1.165) is 32.0 Å². The van der Waals surface area contributed by atoms with Crippen LogP contribution in [0.3, 0.4) is 0 Å². The van der Waals surface area contributed by atoms with Gasteiger partial charge in [0.05, 0.1) is 11.4 Å². The van der Waals surface area contributed by atoms with E-state index >= 15 is 0 Å². The van der Waals surface area contributed by atoms with Gasteiger partial charge in [-0.05, 0) is 58.7 Å². The molecule has 2 rings (SSSR count). The number of aryl methyl sites for hydroxylation is 2. The van der Waals surface area contributed by atoms with Crippen LogP contribution in [0.5, 0.6) is 0 Å². The fraction of sp³-hybridized carbons (Fsp3) is 0.800. The Balaban J connectivity index is 1.83. The Labute approximate surface area is 133 Å². The Bertz CT molecular complexity index is 601. The van der Waals surface area contributed by atoms with Crippen LogP contribution in [0, 0.1) is 19.8 Å². The van der Waals surface area contributed by atoms with Crippen LogP contribution in [0.2, 0.25) is 0 Å².